The van der Waals surface area contributed by atoms with Crippen LogP contribution in [-0.4, -0.2) is 32.8 Å². The molecule has 0 saturated carbocycles. The minimum absolute atomic E-state index is 0.106. The van der Waals surface area contributed by atoms with Crippen molar-refractivity contribution in [2.45, 2.75) is 17.9 Å². The lowest BCUT2D eigenvalue weighted by atomic mass is 9.99. The van der Waals surface area contributed by atoms with E-state index in [-0.39, 0.29) is 10.8 Å². The fourth-order valence-electron chi connectivity index (χ4n) is 2.80. The molecule has 7 heteroatoms. The molecule has 3 rings (SSSR count). The average Bonchev–Trinajstić information content (AvgIpc) is 2.60. The molecule has 0 bridgehead atoms. The van der Waals surface area contributed by atoms with Crippen LogP contribution in [0, 0.1) is 0 Å². The molecule has 1 aliphatic heterocycles. The molecular weight excluding hydrogens is 348 g/mol. The number of halogens is 1. The number of carbonyl (C=O) groups excluding carboxylic acids is 1. The number of amides is 1. The number of carbonyl (C=O) groups is 1. The molecule has 0 saturated heterocycles. The number of rotatable bonds is 3. The summed E-state index contributed by atoms with van der Waals surface area (Å²) in [7, 11) is -2.12. The minimum atomic E-state index is -3.50. The summed E-state index contributed by atoms with van der Waals surface area (Å²) in [5.74, 6) is -0.106. The molecule has 0 radical (unpaired) electrons. The molecule has 0 unspecified atom stereocenters. The predicted octanol–water partition coefficient (Wildman–Crippen LogP) is 2.45. The highest BCUT2D eigenvalue weighted by Gasteiger charge is 2.23. The van der Waals surface area contributed by atoms with Crippen LogP contribution >= 0.6 is 11.6 Å². The molecule has 5 nitrogen and oxygen atoms in total. The predicted molar refractivity (Wildman–Crippen MR) is 92.6 cm³/mol. The van der Waals surface area contributed by atoms with Gasteiger partial charge in [-0.25, -0.2) is 13.1 Å². The van der Waals surface area contributed by atoms with E-state index >= 15 is 0 Å². The Bertz CT molecular complexity index is 896. The van der Waals surface area contributed by atoms with E-state index in [1.807, 2.05) is 6.07 Å². The Morgan fingerprint density at radius 2 is 1.96 bits per heavy atom. The van der Waals surface area contributed by atoms with Crippen molar-refractivity contribution in [2.75, 3.05) is 13.6 Å². The van der Waals surface area contributed by atoms with Gasteiger partial charge in [0.2, 0.25) is 10.0 Å². The lowest BCUT2D eigenvalue weighted by molar-refractivity contribution is 0.0734. The van der Waals surface area contributed by atoms with E-state index in [2.05, 4.69) is 4.72 Å². The smallest absolute Gasteiger partial charge is 0.254 e. The summed E-state index contributed by atoms with van der Waals surface area (Å²) in [5, 5.41) is 0.514. The Balaban J connectivity index is 1.88. The maximum Gasteiger partial charge on any atom is 0.254 e. The van der Waals surface area contributed by atoms with Crippen molar-refractivity contribution >= 4 is 27.5 Å². The molecule has 0 spiro atoms. The number of hydrogen-bond donors (Lipinski definition) is 1. The van der Waals surface area contributed by atoms with Crippen LogP contribution in [0.5, 0.6) is 0 Å². The fraction of sp³-hybridized carbons (Fsp3) is 0.235. The van der Waals surface area contributed by atoms with Crippen molar-refractivity contribution in [3.05, 3.63) is 64.2 Å². The fourth-order valence-corrected chi connectivity index (χ4v) is 3.77. The number of benzene rings is 2. The third kappa shape index (κ3) is 3.31. The van der Waals surface area contributed by atoms with Crippen molar-refractivity contribution in [3.8, 4) is 0 Å². The first kappa shape index (κ1) is 17.0. The third-order valence-electron chi connectivity index (χ3n) is 4.13. The van der Waals surface area contributed by atoms with Crippen molar-refractivity contribution in [3.63, 3.8) is 0 Å². The zero-order valence-electron chi connectivity index (χ0n) is 13.1. The van der Waals surface area contributed by atoms with E-state index < -0.39 is 10.0 Å². The van der Waals surface area contributed by atoms with E-state index in [1.165, 1.54) is 7.05 Å². The van der Waals surface area contributed by atoms with E-state index in [1.54, 1.807) is 41.3 Å². The highest BCUT2D eigenvalue weighted by Crippen LogP contribution is 2.24. The van der Waals surface area contributed by atoms with Gasteiger partial charge in [0.05, 0.1) is 4.90 Å². The molecular formula is C17H17ClN2O3S. The number of fused-ring (bicyclic) bond motifs is 1. The zero-order chi connectivity index (χ0) is 17.3. The van der Waals surface area contributed by atoms with Crippen LogP contribution in [0.2, 0.25) is 5.02 Å². The van der Waals surface area contributed by atoms with Crippen LogP contribution in [0.15, 0.2) is 47.4 Å². The maximum atomic E-state index is 12.6. The second-order valence-corrected chi connectivity index (χ2v) is 7.95. The van der Waals surface area contributed by atoms with Gasteiger partial charge in [-0.1, -0.05) is 23.7 Å². The monoisotopic (exact) mass is 364 g/mol. The Hall–Kier alpha value is -1.89. The van der Waals surface area contributed by atoms with E-state index in [9.17, 15) is 13.2 Å². The van der Waals surface area contributed by atoms with Gasteiger partial charge in [0.1, 0.15) is 0 Å². The molecule has 1 aliphatic rings. The van der Waals surface area contributed by atoms with Crippen LogP contribution in [-0.2, 0) is 23.0 Å². The molecule has 1 N–H and O–H groups in total. The Kier molecular flexibility index (Phi) is 4.62. The first-order valence-corrected chi connectivity index (χ1v) is 9.37. The number of sulfonamides is 1. The van der Waals surface area contributed by atoms with Crippen LogP contribution < -0.4 is 4.72 Å². The highest BCUT2D eigenvalue weighted by atomic mass is 35.5. The number of nitrogens with one attached hydrogen (secondary N) is 1. The van der Waals surface area contributed by atoms with Gasteiger partial charge in [-0.05, 0) is 54.9 Å². The molecule has 1 heterocycles. The van der Waals surface area contributed by atoms with E-state index in [4.69, 9.17) is 11.6 Å². The van der Waals surface area contributed by atoms with Gasteiger partial charge in [0.25, 0.3) is 5.91 Å². The van der Waals surface area contributed by atoms with Crippen LogP contribution in [0.3, 0.4) is 0 Å². The Morgan fingerprint density at radius 1 is 1.17 bits per heavy atom. The first-order chi connectivity index (χ1) is 11.4. The first-order valence-electron chi connectivity index (χ1n) is 7.51. The summed E-state index contributed by atoms with van der Waals surface area (Å²) in [5.41, 5.74) is 2.46. The van der Waals surface area contributed by atoms with Gasteiger partial charge in [-0.3, -0.25) is 4.79 Å². The molecule has 1 amide bonds. The summed E-state index contributed by atoms with van der Waals surface area (Å²) in [6, 6.07) is 11.9. The van der Waals surface area contributed by atoms with Gasteiger partial charge in [-0.15, -0.1) is 0 Å². The largest absolute Gasteiger partial charge is 0.334 e. The lowest BCUT2D eigenvalue weighted by Gasteiger charge is -2.29. The second kappa shape index (κ2) is 6.55. The van der Waals surface area contributed by atoms with Gasteiger partial charge >= 0.3 is 0 Å². The summed E-state index contributed by atoms with van der Waals surface area (Å²) < 4.78 is 26.2. The number of hydrogen-bond acceptors (Lipinski definition) is 3. The van der Waals surface area contributed by atoms with Crippen LogP contribution in [0.1, 0.15) is 21.5 Å². The average molecular weight is 365 g/mol. The van der Waals surface area contributed by atoms with Gasteiger partial charge in [-0.2, -0.15) is 0 Å². The molecule has 0 aromatic heterocycles. The van der Waals surface area contributed by atoms with E-state index in [0.29, 0.717) is 30.1 Å². The molecule has 0 fully saturated rings. The second-order valence-electron chi connectivity index (χ2n) is 5.63. The minimum Gasteiger partial charge on any atom is -0.334 e. The highest BCUT2D eigenvalue weighted by molar-refractivity contribution is 7.89. The van der Waals surface area contributed by atoms with Gasteiger partial charge in [0, 0.05) is 23.7 Å². The van der Waals surface area contributed by atoms with Crippen LogP contribution in [0.4, 0.5) is 0 Å². The molecule has 2 aromatic rings. The van der Waals surface area contributed by atoms with Crippen LogP contribution in [0.25, 0.3) is 0 Å². The summed E-state index contributed by atoms with van der Waals surface area (Å²) >= 11 is 5.95. The number of nitrogens with zero attached hydrogens (tertiary/aromatic N) is 1. The molecule has 2 aromatic carbocycles. The topological polar surface area (TPSA) is 66.5 Å². The molecule has 126 valence electrons. The summed E-state index contributed by atoms with van der Waals surface area (Å²) in [4.78, 5) is 14.6. The SMILES string of the molecule is CNS(=O)(=O)c1ccc2c(c1)CN(C(=O)c1cccc(Cl)c1)CC2. The lowest BCUT2D eigenvalue weighted by Crippen LogP contribution is -2.36. The van der Waals surface area contributed by atoms with Gasteiger partial charge < -0.3 is 4.90 Å². The standard InChI is InChI=1S/C17H17ClN2O3S/c1-19-24(22,23)16-6-5-12-7-8-20(11-14(12)10-16)17(21)13-3-2-4-15(18)9-13/h2-6,9-10,19H,7-8,11H2,1H3. The van der Waals surface area contributed by atoms with Crippen molar-refractivity contribution in [1.29, 1.82) is 0 Å². The maximum absolute atomic E-state index is 12.6. The molecule has 24 heavy (non-hydrogen) atoms. The molecule has 0 atom stereocenters. The van der Waals surface area contributed by atoms with Crippen molar-refractivity contribution < 1.29 is 13.2 Å². The Morgan fingerprint density at radius 3 is 2.67 bits per heavy atom. The quantitative estimate of drug-likeness (QED) is 0.909. The summed E-state index contributed by atoms with van der Waals surface area (Å²) in [6.45, 7) is 0.976. The van der Waals surface area contributed by atoms with Crippen molar-refractivity contribution in [2.24, 2.45) is 0 Å². The van der Waals surface area contributed by atoms with E-state index in [0.717, 1.165) is 11.1 Å². The zero-order valence-corrected chi connectivity index (χ0v) is 14.7. The Labute approximate surface area is 146 Å². The van der Waals surface area contributed by atoms with Crippen molar-refractivity contribution in [1.82, 2.24) is 9.62 Å². The molecule has 0 aliphatic carbocycles. The normalized spacial score (nSPS) is 14.3. The van der Waals surface area contributed by atoms with Gasteiger partial charge in [0.15, 0.2) is 0 Å². The summed E-state index contributed by atoms with van der Waals surface area (Å²) in [6.07, 6.45) is 0.696. The third-order valence-corrected chi connectivity index (χ3v) is 5.77.